The molecule has 2 heteroatoms. The Bertz CT molecular complexity index is 303. The molecular formula is C11H16N2. The molecule has 13 heavy (non-hydrogen) atoms. The Morgan fingerprint density at radius 1 is 1.46 bits per heavy atom. The van der Waals surface area contributed by atoms with Crippen molar-refractivity contribution in [2.45, 2.75) is 26.2 Å². The van der Waals surface area contributed by atoms with Gasteiger partial charge in [0.1, 0.15) is 0 Å². The maximum absolute atomic E-state index is 5.73. The number of aryl methyl sites for hydroxylation is 1. The van der Waals surface area contributed by atoms with E-state index in [2.05, 4.69) is 18.0 Å². The monoisotopic (exact) mass is 176 g/mol. The molecular weight excluding hydrogens is 160 g/mol. The molecule has 0 amide bonds. The first-order valence-corrected chi connectivity index (χ1v) is 4.85. The lowest BCUT2D eigenvalue weighted by molar-refractivity contribution is 0.520. The standard InChI is InChI=1S/C11H16N2/c1-9-4-10(7-13-6-9)5-11(8-12)2-3-11/h4,6-7H,2-3,5,8,12H2,1H3. The summed E-state index contributed by atoms with van der Waals surface area (Å²) in [7, 11) is 0. The number of nitrogens with two attached hydrogens (primary N) is 1. The van der Waals surface area contributed by atoms with Crippen molar-refractivity contribution in [3.63, 3.8) is 0 Å². The van der Waals surface area contributed by atoms with E-state index in [9.17, 15) is 0 Å². The number of hydrogen-bond donors (Lipinski definition) is 1. The zero-order chi connectivity index (χ0) is 9.31. The fourth-order valence-corrected chi connectivity index (χ4v) is 1.78. The van der Waals surface area contributed by atoms with Gasteiger partial charge in [0.05, 0.1) is 0 Å². The highest BCUT2D eigenvalue weighted by atomic mass is 14.7. The van der Waals surface area contributed by atoms with Crippen LogP contribution in [0.2, 0.25) is 0 Å². The molecule has 2 N–H and O–H groups in total. The maximum Gasteiger partial charge on any atom is 0.0300 e. The summed E-state index contributed by atoms with van der Waals surface area (Å²) in [5.41, 5.74) is 8.74. The third-order valence-electron chi connectivity index (χ3n) is 2.90. The van der Waals surface area contributed by atoms with Gasteiger partial charge in [0.25, 0.3) is 0 Å². The molecule has 0 atom stereocenters. The van der Waals surface area contributed by atoms with Gasteiger partial charge in [0, 0.05) is 12.4 Å². The molecule has 1 aliphatic carbocycles. The van der Waals surface area contributed by atoms with Gasteiger partial charge in [-0.1, -0.05) is 6.07 Å². The fourth-order valence-electron chi connectivity index (χ4n) is 1.78. The summed E-state index contributed by atoms with van der Waals surface area (Å²) in [6.07, 6.45) is 7.54. The van der Waals surface area contributed by atoms with Crippen LogP contribution in [0.15, 0.2) is 18.5 Å². The molecule has 0 spiro atoms. The van der Waals surface area contributed by atoms with E-state index in [0.29, 0.717) is 5.41 Å². The fraction of sp³-hybridized carbons (Fsp3) is 0.545. The van der Waals surface area contributed by atoms with Crippen molar-refractivity contribution in [3.05, 3.63) is 29.6 Å². The smallest absolute Gasteiger partial charge is 0.0300 e. The highest BCUT2D eigenvalue weighted by Gasteiger charge is 2.40. The second kappa shape index (κ2) is 3.11. The minimum Gasteiger partial charge on any atom is -0.330 e. The Morgan fingerprint density at radius 3 is 2.77 bits per heavy atom. The molecule has 2 nitrogen and oxygen atoms in total. The second-order valence-corrected chi connectivity index (χ2v) is 4.25. The molecule has 0 aromatic carbocycles. The van der Waals surface area contributed by atoms with E-state index in [0.717, 1.165) is 13.0 Å². The molecule has 1 aromatic rings. The van der Waals surface area contributed by atoms with Crippen LogP contribution in [0.25, 0.3) is 0 Å². The third kappa shape index (κ3) is 1.89. The normalized spacial score (nSPS) is 18.6. The molecule has 1 fully saturated rings. The molecule has 0 aliphatic heterocycles. The number of hydrogen-bond acceptors (Lipinski definition) is 2. The summed E-state index contributed by atoms with van der Waals surface area (Å²) in [5.74, 6) is 0. The van der Waals surface area contributed by atoms with Crippen LogP contribution in [0.3, 0.4) is 0 Å². The van der Waals surface area contributed by atoms with E-state index in [1.54, 1.807) is 0 Å². The Morgan fingerprint density at radius 2 is 2.23 bits per heavy atom. The van der Waals surface area contributed by atoms with E-state index < -0.39 is 0 Å². The minimum absolute atomic E-state index is 0.426. The molecule has 0 bridgehead atoms. The van der Waals surface area contributed by atoms with Gasteiger partial charge in [0.15, 0.2) is 0 Å². The van der Waals surface area contributed by atoms with Gasteiger partial charge < -0.3 is 5.73 Å². The Balaban J connectivity index is 2.09. The zero-order valence-corrected chi connectivity index (χ0v) is 8.09. The van der Waals surface area contributed by atoms with Crippen LogP contribution in [0.4, 0.5) is 0 Å². The molecule has 0 radical (unpaired) electrons. The average molecular weight is 176 g/mol. The first-order valence-electron chi connectivity index (χ1n) is 4.85. The van der Waals surface area contributed by atoms with E-state index in [1.807, 2.05) is 12.4 Å². The van der Waals surface area contributed by atoms with Gasteiger partial charge in [-0.2, -0.15) is 0 Å². The molecule has 1 aromatic heterocycles. The molecule has 2 rings (SSSR count). The molecule has 1 aliphatic rings. The molecule has 1 heterocycles. The average Bonchev–Trinajstić information content (AvgIpc) is 2.86. The first kappa shape index (κ1) is 8.70. The van der Waals surface area contributed by atoms with Crippen molar-refractivity contribution in [2.24, 2.45) is 11.1 Å². The summed E-state index contributed by atoms with van der Waals surface area (Å²) >= 11 is 0. The molecule has 70 valence electrons. The van der Waals surface area contributed by atoms with E-state index in [-0.39, 0.29) is 0 Å². The predicted octanol–water partition coefficient (Wildman–Crippen LogP) is 1.67. The van der Waals surface area contributed by atoms with Crippen LogP contribution >= 0.6 is 0 Å². The zero-order valence-electron chi connectivity index (χ0n) is 8.09. The number of rotatable bonds is 3. The number of aromatic nitrogens is 1. The highest BCUT2D eigenvalue weighted by molar-refractivity contribution is 5.20. The van der Waals surface area contributed by atoms with Crippen LogP contribution < -0.4 is 5.73 Å². The van der Waals surface area contributed by atoms with Crippen LogP contribution in [-0.2, 0) is 6.42 Å². The minimum atomic E-state index is 0.426. The van der Waals surface area contributed by atoms with Gasteiger partial charge in [-0.15, -0.1) is 0 Å². The SMILES string of the molecule is Cc1cncc(CC2(CN)CC2)c1. The van der Waals surface area contributed by atoms with Crippen molar-refractivity contribution >= 4 is 0 Å². The molecule has 0 saturated heterocycles. The molecule has 0 unspecified atom stereocenters. The highest BCUT2D eigenvalue weighted by Crippen LogP contribution is 2.47. The van der Waals surface area contributed by atoms with Crippen molar-refractivity contribution < 1.29 is 0 Å². The van der Waals surface area contributed by atoms with Gasteiger partial charge >= 0.3 is 0 Å². The third-order valence-corrected chi connectivity index (χ3v) is 2.90. The Kier molecular flexibility index (Phi) is 2.08. The Labute approximate surface area is 79.2 Å². The summed E-state index contributed by atoms with van der Waals surface area (Å²) in [6.45, 7) is 2.90. The molecule has 1 saturated carbocycles. The summed E-state index contributed by atoms with van der Waals surface area (Å²) in [6, 6.07) is 2.21. The van der Waals surface area contributed by atoms with E-state index >= 15 is 0 Å². The number of nitrogens with zero attached hydrogens (tertiary/aromatic N) is 1. The first-order chi connectivity index (χ1) is 6.24. The van der Waals surface area contributed by atoms with Crippen LogP contribution in [0.1, 0.15) is 24.0 Å². The van der Waals surface area contributed by atoms with E-state index in [4.69, 9.17) is 5.73 Å². The lowest BCUT2D eigenvalue weighted by Gasteiger charge is -2.11. The predicted molar refractivity (Wildman–Crippen MR) is 53.4 cm³/mol. The van der Waals surface area contributed by atoms with Crippen molar-refractivity contribution in [1.82, 2.24) is 4.98 Å². The van der Waals surface area contributed by atoms with Gasteiger partial charge in [-0.3, -0.25) is 4.98 Å². The summed E-state index contributed by atoms with van der Waals surface area (Å²) in [5, 5.41) is 0. The summed E-state index contributed by atoms with van der Waals surface area (Å²) < 4.78 is 0. The Hall–Kier alpha value is -0.890. The summed E-state index contributed by atoms with van der Waals surface area (Å²) in [4.78, 5) is 4.19. The lowest BCUT2D eigenvalue weighted by Crippen LogP contribution is -2.17. The van der Waals surface area contributed by atoms with Crippen LogP contribution in [-0.4, -0.2) is 11.5 Å². The number of pyridine rings is 1. The van der Waals surface area contributed by atoms with E-state index in [1.165, 1.54) is 24.0 Å². The largest absolute Gasteiger partial charge is 0.330 e. The van der Waals surface area contributed by atoms with Gasteiger partial charge in [-0.05, 0) is 49.3 Å². The topological polar surface area (TPSA) is 38.9 Å². The van der Waals surface area contributed by atoms with Crippen LogP contribution in [0.5, 0.6) is 0 Å². The lowest BCUT2D eigenvalue weighted by atomic mass is 9.97. The quantitative estimate of drug-likeness (QED) is 0.761. The van der Waals surface area contributed by atoms with Gasteiger partial charge in [0.2, 0.25) is 0 Å². The second-order valence-electron chi connectivity index (χ2n) is 4.25. The van der Waals surface area contributed by atoms with Crippen molar-refractivity contribution in [2.75, 3.05) is 6.54 Å². The van der Waals surface area contributed by atoms with Crippen LogP contribution in [0, 0.1) is 12.3 Å². The van der Waals surface area contributed by atoms with Crippen molar-refractivity contribution in [3.8, 4) is 0 Å². The van der Waals surface area contributed by atoms with Crippen molar-refractivity contribution in [1.29, 1.82) is 0 Å². The maximum atomic E-state index is 5.73. The van der Waals surface area contributed by atoms with Gasteiger partial charge in [-0.25, -0.2) is 0 Å².